The molecule has 1 aromatic carbocycles. The summed E-state index contributed by atoms with van der Waals surface area (Å²) < 4.78 is 50.6. The minimum absolute atomic E-state index is 0.153. The summed E-state index contributed by atoms with van der Waals surface area (Å²) in [5.74, 6) is -0.711. The van der Waals surface area contributed by atoms with Crippen molar-refractivity contribution in [2.75, 3.05) is 4.72 Å². The van der Waals surface area contributed by atoms with Gasteiger partial charge in [-0.3, -0.25) is 4.72 Å². The largest absolute Gasteiger partial charge is 0.494 e. The number of rotatable bonds is 4. The van der Waals surface area contributed by atoms with Gasteiger partial charge in [-0.1, -0.05) is 12.6 Å². The van der Waals surface area contributed by atoms with Crippen LogP contribution in [0.3, 0.4) is 0 Å². The predicted octanol–water partition coefficient (Wildman–Crippen LogP) is 2.01. The minimum atomic E-state index is -3.75. The standard InChI is InChI=1S/C14H19BFNO4S/c1-6-22(18,19)17-12-8-7-10(9-11(12)16)15-20-13(2,3)14(4,5)21-15/h6-9,17H,1H2,2-5H3. The molecule has 8 heteroatoms. The highest BCUT2D eigenvalue weighted by molar-refractivity contribution is 7.95. The first-order valence-electron chi connectivity index (χ1n) is 6.78. The van der Waals surface area contributed by atoms with Crippen LogP contribution >= 0.6 is 0 Å². The van der Waals surface area contributed by atoms with Crippen molar-refractivity contribution in [3.05, 3.63) is 36.0 Å². The summed E-state index contributed by atoms with van der Waals surface area (Å²) >= 11 is 0. The highest BCUT2D eigenvalue weighted by atomic mass is 32.2. The number of anilines is 1. The zero-order valence-corrected chi connectivity index (χ0v) is 13.8. The van der Waals surface area contributed by atoms with Gasteiger partial charge in [0.2, 0.25) is 0 Å². The zero-order valence-electron chi connectivity index (χ0n) is 13.0. The Bertz CT molecular complexity index is 687. The van der Waals surface area contributed by atoms with Crippen molar-refractivity contribution < 1.29 is 22.1 Å². The molecule has 0 spiro atoms. The topological polar surface area (TPSA) is 64.6 Å². The number of benzene rings is 1. The molecule has 0 unspecified atom stereocenters. The zero-order chi connectivity index (χ0) is 16.8. The number of nitrogens with one attached hydrogen (secondary N) is 1. The molecule has 0 aliphatic carbocycles. The van der Waals surface area contributed by atoms with Crippen molar-refractivity contribution in [3.63, 3.8) is 0 Å². The Kier molecular flexibility index (Phi) is 4.14. The molecular formula is C14H19BFNO4S. The van der Waals surface area contributed by atoms with Crippen molar-refractivity contribution in [2.24, 2.45) is 0 Å². The smallest absolute Gasteiger partial charge is 0.399 e. The fraction of sp³-hybridized carbons (Fsp3) is 0.429. The van der Waals surface area contributed by atoms with E-state index in [1.54, 1.807) is 6.07 Å². The molecular weight excluding hydrogens is 308 g/mol. The van der Waals surface area contributed by atoms with E-state index < -0.39 is 34.2 Å². The maximum absolute atomic E-state index is 14.1. The molecule has 0 radical (unpaired) electrons. The van der Waals surface area contributed by atoms with E-state index in [2.05, 4.69) is 11.3 Å². The van der Waals surface area contributed by atoms with Gasteiger partial charge < -0.3 is 9.31 Å². The second-order valence-electron chi connectivity index (χ2n) is 6.14. The maximum atomic E-state index is 14.1. The lowest BCUT2D eigenvalue weighted by Gasteiger charge is -2.32. The van der Waals surface area contributed by atoms with Crippen LogP contribution in [0.2, 0.25) is 0 Å². The van der Waals surface area contributed by atoms with Gasteiger partial charge in [-0.05, 0) is 45.3 Å². The van der Waals surface area contributed by atoms with Gasteiger partial charge in [0, 0.05) is 5.41 Å². The van der Waals surface area contributed by atoms with E-state index in [4.69, 9.17) is 9.31 Å². The average molecular weight is 327 g/mol. The van der Waals surface area contributed by atoms with Crippen LogP contribution in [-0.4, -0.2) is 26.7 Å². The Morgan fingerprint density at radius 2 is 1.77 bits per heavy atom. The number of halogens is 1. The lowest BCUT2D eigenvalue weighted by molar-refractivity contribution is 0.00578. The first-order chi connectivity index (χ1) is 9.97. The van der Waals surface area contributed by atoms with E-state index in [0.29, 0.717) is 10.9 Å². The summed E-state index contributed by atoms with van der Waals surface area (Å²) in [4.78, 5) is 0. The molecule has 0 aromatic heterocycles. The SMILES string of the molecule is C=CS(=O)(=O)Nc1ccc(B2OC(C)(C)C(C)(C)O2)cc1F. The Hall–Kier alpha value is -1.38. The first-order valence-corrected chi connectivity index (χ1v) is 8.32. The van der Waals surface area contributed by atoms with Crippen molar-refractivity contribution in [3.8, 4) is 0 Å². The van der Waals surface area contributed by atoms with Crippen molar-refractivity contribution in [1.29, 1.82) is 0 Å². The van der Waals surface area contributed by atoms with Gasteiger partial charge >= 0.3 is 7.12 Å². The molecule has 1 N–H and O–H groups in total. The van der Waals surface area contributed by atoms with Gasteiger partial charge in [0.1, 0.15) is 5.82 Å². The lowest BCUT2D eigenvalue weighted by Crippen LogP contribution is -2.41. The Balaban J connectivity index is 2.26. The van der Waals surface area contributed by atoms with Gasteiger partial charge in [0.05, 0.1) is 16.9 Å². The van der Waals surface area contributed by atoms with Crippen molar-refractivity contribution in [1.82, 2.24) is 0 Å². The molecule has 1 saturated heterocycles. The van der Waals surface area contributed by atoms with Crippen LogP contribution in [0.25, 0.3) is 0 Å². The van der Waals surface area contributed by atoms with Gasteiger partial charge in [-0.25, -0.2) is 12.8 Å². The summed E-state index contributed by atoms with van der Waals surface area (Å²) in [5, 5.41) is 0.717. The van der Waals surface area contributed by atoms with E-state index >= 15 is 0 Å². The van der Waals surface area contributed by atoms with Gasteiger partial charge in [-0.2, -0.15) is 0 Å². The third kappa shape index (κ3) is 3.18. The highest BCUT2D eigenvalue weighted by Gasteiger charge is 2.51. The lowest BCUT2D eigenvalue weighted by atomic mass is 9.79. The van der Waals surface area contributed by atoms with Gasteiger partial charge in [0.15, 0.2) is 0 Å². The van der Waals surface area contributed by atoms with E-state index in [-0.39, 0.29) is 5.69 Å². The summed E-state index contributed by atoms with van der Waals surface area (Å²) in [7, 11) is -4.46. The van der Waals surface area contributed by atoms with Crippen molar-refractivity contribution >= 4 is 28.3 Å². The quantitative estimate of drug-likeness (QED) is 0.859. The van der Waals surface area contributed by atoms with Crippen LogP contribution in [0, 0.1) is 5.82 Å². The average Bonchev–Trinajstić information content (AvgIpc) is 2.61. The molecule has 120 valence electrons. The van der Waals surface area contributed by atoms with E-state index in [0.717, 1.165) is 0 Å². The molecule has 1 fully saturated rings. The molecule has 0 saturated carbocycles. The number of hydrogen-bond donors (Lipinski definition) is 1. The number of hydrogen-bond acceptors (Lipinski definition) is 4. The van der Waals surface area contributed by atoms with Crippen LogP contribution < -0.4 is 10.2 Å². The van der Waals surface area contributed by atoms with Crippen LogP contribution in [-0.2, 0) is 19.3 Å². The summed E-state index contributed by atoms with van der Waals surface area (Å²) in [6.45, 7) is 10.8. The molecule has 1 aliphatic rings. The van der Waals surface area contributed by atoms with Crippen LogP contribution in [0.15, 0.2) is 30.2 Å². The van der Waals surface area contributed by atoms with Gasteiger partial charge in [-0.15, -0.1) is 0 Å². The first kappa shape index (κ1) is 17.0. The second-order valence-corrected chi connectivity index (χ2v) is 7.77. The third-order valence-electron chi connectivity index (χ3n) is 3.99. The van der Waals surface area contributed by atoms with Crippen LogP contribution in [0.1, 0.15) is 27.7 Å². The van der Waals surface area contributed by atoms with Gasteiger partial charge in [0.25, 0.3) is 10.0 Å². The Morgan fingerprint density at radius 1 is 1.23 bits per heavy atom. The molecule has 1 aromatic rings. The fourth-order valence-corrected chi connectivity index (χ4v) is 2.49. The molecule has 0 atom stereocenters. The van der Waals surface area contributed by atoms with Crippen LogP contribution in [0.4, 0.5) is 10.1 Å². The fourth-order valence-electron chi connectivity index (χ4n) is 1.93. The normalized spacial score (nSPS) is 20.0. The highest BCUT2D eigenvalue weighted by Crippen LogP contribution is 2.36. The van der Waals surface area contributed by atoms with E-state index in [9.17, 15) is 12.8 Å². The summed E-state index contributed by atoms with van der Waals surface area (Å²) in [6.07, 6.45) is 0. The Labute approximate surface area is 130 Å². The Morgan fingerprint density at radius 3 is 2.23 bits per heavy atom. The van der Waals surface area contributed by atoms with E-state index in [1.807, 2.05) is 27.7 Å². The third-order valence-corrected chi connectivity index (χ3v) is 4.93. The molecule has 0 bridgehead atoms. The predicted molar refractivity (Wildman–Crippen MR) is 84.9 cm³/mol. The molecule has 5 nitrogen and oxygen atoms in total. The minimum Gasteiger partial charge on any atom is -0.399 e. The molecule has 0 amide bonds. The molecule has 2 rings (SSSR count). The monoisotopic (exact) mass is 327 g/mol. The van der Waals surface area contributed by atoms with E-state index in [1.165, 1.54) is 12.1 Å². The number of sulfonamides is 1. The van der Waals surface area contributed by atoms with Crippen LogP contribution in [0.5, 0.6) is 0 Å². The molecule has 1 aliphatic heterocycles. The summed E-state index contributed by atoms with van der Waals surface area (Å²) in [6, 6.07) is 4.09. The van der Waals surface area contributed by atoms with Crippen molar-refractivity contribution in [2.45, 2.75) is 38.9 Å². The second kappa shape index (κ2) is 5.36. The summed E-state index contributed by atoms with van der Waals surface area (Å²) in [5.41, 5.74) is -0.730. The maximum Gasteiger partial charge on any atom is 0.494 e. The molecule has 22 heavy (non-hydrogen) atoms. The molecule has 1 heterocycles.